The van der Waals surface area contributed by atoms with Gasteiger partial charge in [0, 0.05) is 5.56 Å². The zero-order chi connectivity index (χ0) is 24.0. The third-order valence-electron chi connectivity index (χ3n) is 6.84. The van der Waals surface area contributed by atoms with Gasteiger partial charge >= 0.3 is 5.97 Å². The second-order valence-electron chi connectivity index (χ2n) is 8.86. The van der Waals surface area contributed by atoms with E-state index in [2.05, 4.69) is 31.2 Å². The van der Waals surface area contributed by atoms with E-state index < -0.39 is 11.5 Å². The summed E-state index contributed by atoms with van der Waals surface area (Å²) < 4.78 is 11.3. The molecule has 0 bridgehead atoms. The maximum Gasteiger partial charge on any atom is 0.345 e. The lowest BCUT2D eigenvalue weighted by molar-refractivity contribution is -0.138. The second-order valence-corrected chi connectivity index (χ2v) is 8.86. The van der Waals surface area contributed by atoms with Crippen molar-refractivity contribution in [2.24, 2.45) is 5.10 Å². The van der Waals surface area contributed by atoms with Gasteiger partial charge in [0.25, 0.3) is 0 Å². The van der Waals surface area contributed by atoms with E-state index in [0.717, 1.165) is 39.4 Å². The first-order valence-corrected chi connectivity index (χ1v) is 11.6. The smallest absolute Gasteiger partial charge is 0.345 e. The van der Waals surface area contributed by atoms with Gasteiger partial charge in [-0.05, 0) is 60.5 Å². The van der Waals surface area contributed by atoms with E-state index in [4.69, 9.17) is 14.6 Å². The molecular formula is C30H24N2O3. The molecule has 5 nitrogen and oxygen atoms in total. The van der Waals surface area contributed by atoms with Crippen LogP contribution in [0.2, 0.25) is 0 Å². The molecule has 6 rings (SSSR count). The summed E-state index contributed by atoms with van der Waals surface area (Å²) in [5, 5.41) is 7.01. The van der Waals surface area contributed by atoms with Gasteiger partial charge in [-0.15, -0.1) is 0 Å². The van der Waals surface area contributed by atoms with E-state index in [1.807, 2.05) is 83.9 Å². The first-order valence-electron chi connectivity index (χ1n) is 11.6. The molecule has 0 saturated carbocycles. The third kappa shape index (κ3) is 3.16. The molecule has 5 heteroatoms. The average Bonchev–Trinajstić information content (AvgIpc) is 3.41. The Kier molecular flexibility index (Phi) is 4.92. The molecule has 2 aliphatic rings. The summed E-state index contributed by atoms with van der Waals surface area (Å²) in [6, 6.07) is 33.6. The Bertz CT molecular complexity index is 1430. The molecule has 1 spiro atoms. The van der Waals surface area contributed by atoms with Crippen LogP contribution in [-0.4, -0.2) is 18.8 Å². The Morgan fingerprint density at radius 2 is 1.54 bits per heavy atom. The van der Waals surface area contributed by atoms with Crippen molar-refractivity contribution < 1.29 is 14.3 Å². The molecule has 0 saturated heterocycles. The topological polar surface area (TPSA) is 51.1 Å². The first-order chi connectivity index (χ1) is 17.1. The fraction of sp³-hybridized carbons (Fsp3) is 0.133. The lowest BCUT2D eigenvalue weighted by atomic mass is 9.72. The highest BCUT2D eigenvalue weighted by atomic mass is 16.5. The number of hydrogen-bond donors (Lipinski definition) is 0. The largest absolute Gasteiger partial charge is 0.497 e. The average molecular weight is 461 g/mol. The summed E-state index contributed by atoms with van der Waals surface area (Å²) in [7, 11) is 1.65. The highest BCUT2D eigenvalue weighted by Gasteiger charge is 2.64. The van der Waals surface area contributed by atoms with Crippen molar-refractivity contribution in [2.45, 2.75) is 18.4 Å². The fourth-order valence-corrected chi connectivity index (χ4v) is 5.17. The maximum atomic E-state index is 14.0. The van der Waals surface area contributed by atoms with Crippen LogP contribution in [0.15, 0.2) is 108 Å². The van der Waals surface area contributed by atoms with Crippen LogP contribution in [-0.2, 0) is 10.3 Å². The van der Waals surface area contributed by atoms with Gasteiger partial charge in [-0.2, -0.15) is 5.10 Å². The fourth-order valence-electron chi connectivity index (χ4n) is 5.17. The van der Waals surface area contributed by atoms with E-state index in [1.54, 1.807) is 7.11 Å². The van der Waals surface area contributed by atoms with Crippen molar-refractivity contribution in [3.05, 3.63) is 125 Å². The number of methoxy groups -OCH3 is 1. The minimum absolute atomic E-state index is 0.333. The van der Waals surface area contributed by atoms with Crippen LogP contribution in [0.3, 0.4) is 0 Å². The zero-order valence-corrected chi connectivity index (χ0v) is 19.5. The van der Waals surface area contributed by atoms with Gasteiger partial charge in [-0.1, -0.05) is 66.2 Å². The quantitative estimate of drug-likeness (QED) is 0.284. The van der Waals surface area contributed by atoms with E-state index in [1.165, 1.54) is 0 Å². The SMILES string of the molecule is COc1ccc(C2=NN(c3ccccc3)[C@]3(C(=O)Oc4ccccc43)[C@@H]2c2ccc(C)cc2)cc1. The number of carbonyl (C=O) groups is 1. The first kappa shape index (κ1) is 21.2. The molecule has 2 aliphatic heterocycles. The van der Waals surface area contributed by atoms with Crippen LogP contribution >= 0.6 is 0 Å². The van der Waals surface area contributed by atoms with Crippen molar-refractivity contribution in [3.63, 3.8) is 0 Å². The minimum atomic E-state index is -1.18. The number of anilines is 1. The molecule has 0 radical (unpaired) electrons. The van der Waals surface area contributed by atoms with Gasteiger partial charge in [-0.25, -0.2) is 9.80 Å². The summed E-state index contributed by atoms with van der Waals surface area (Å²) in [5.41, 5.74) is 4.33. The molecule has 35 heavy (non-hydrogen) atoms. The zero-order valence-electron chi connectivity index (χ0n) is 19.5. The number of hydrazone groups is 1. The summed E-state index contributed by atoms with van der Waals surface area (Å²) in [4.78, 5) is 14.0. The van der Waals surface area contributed by atoms with Crippen LogP contribution < -0.4 is 14.5 Å². The van der Waals surface area contributed by atoms with Crippen LogP contribution in [0.25, 0.3) is 0 Å². The molecule has 4 aromatic carbocycles. The summed E-state index contributed by atoms with van der Waals surface area (Å²) in [6.07, 6.45) is 0. The predicted octanol–water partition coefficient (Wildman–Crippen LogP) is 5.83. The molecule has 0 N–H and O–H groups in total. The van der Waals surface area contributed by atoms with E-state index in [9.17, 15) is 4.79 Å². The molecule has 0 fully saturated rings. The van der Waals surface area contributed by atoms with Gasteiger partial charge < -0.3 is 9.47 Å². The molecule has 2 atom stereocenters. The Morgan fingerprint density at radius 3 is 2.26 bits per heavy atom. The predicted molar refractivity (Wildman–Crippen MR) is 136 cm³/mol. The highest BCUT2D eigenvalue weighted by molar-refractivity contribution is 6.14. The molecule has 0 aromatic heterocycles. The Hall–Kier alpha value is -4.38. The lowest BCUT2D eigenvalue weighted by Crippen LogP contribution is -2.50. The molecule has 172 valence electrons. The Labute approximate surface area is 204 Å². The number of para-hydroxylation sites is 2. The molecule has 2 heterocycles. The Morgan fingerprint density at radius 1 is 0.857 bits per heavy atom. The van der Waals surface area contributed by atoms with Crippen molar-refractivity contribution >= 4 is 17.4 Å². The number of esters is 1. The number of nitrogens with zero attached hydrogens (tertiary/aromatic N) is 2. The molecular weight excluding hydrogens is 436 g/mol. The highest BCUT2D eigenvalue weighted by Crippen LogP contribution is 2.56. The van der Waals surface area contributed by atoms with Crippen LogP contribution in [0.5, 0.6) is 11.5 Å². The number of hydrogen-bond acceptors (Lipinski definition) is 5. The molecule has 0 aliphatic carbocycles. The van der Waals surface area contributed by atoms with Gasteiger partial charge in [0.1, 0.15) is 11.5 Å². The minimum Gasteiger partial charge on any atom is -0.497 e. The number of benzene rings is 4. The van der Waals surface area contributed by atoms with E-state index in [-0.39, 0.29) is 5.97 Å². The summed E-state index contributed by atoms with van der Waals surface area (Å²) in [6.45, 7) is 2.06. The Balaban J connectivity index is 1.66. The number of fused-ring (bicyclic) bond motifs is 2. The van der Waals surface area contributed by atoms with Crippen molar-refractivity contribution in [2.75, 3.05) is 12.1 Å². The number of carbonyl (C=O) groups excluding carboxylic acids is 1. The van der Waals surface area contributed by atoms with Crippen LogP contribution in [0.1, 0.15) is 28.2 Å². The van der Waals surface area contributed by atoms with Crippen molar-refractivity contribution in [1.82, 2.24) is 0 Å². The monoisotopic (exact) mass is 460 g/mol. The van der Waals surface area contributed by atoms with Gasteiger partial charge in [-0.3, -0.25) is 0 Å². The number of aryl methyl sites for hydroxylation is 1. The standard InChI is InChI=1S/C30H24N2O3/c1-20-12-14-21(15-13-20)27-28(22-16-18-24(34-2)19-17-22)31-32(23-8-4-3-5-9-23)30(27)25-10-6-7-11-26(25)35-29(30)33/h3-19,27H,1-2H3/t27-,30+/m1/s1. The second kappa shape index (κ2) is 8.13. The molecule has 0 amide bonds. The summed E-state index contributed by atoms with van der Waals surface area (Å²) in [5.74, 6) is 0.606. The van der Waals surface area contributed by atoms with Crippen molar-refractivity contribution in [1.29, 1.82) is 0 Å². The molecule has 0 unspecified atom stereocenters. The van der Waals surface area contributed by atoms with Crippen molar-refractivity contribution in [3.8, 4) is 11.5 Å². The van der Waals surface area contributed by atoms with Gasteiger partial charge in [0.2, 0.25) is 5.54 Å². The maximum absolute atomic E-state index is 14.0. The molecule has 4 aromatic rings. The van der Waals surface area contributed by atoms with Crippen LogP contribution in [0.4, 0.5) is 5.69 Å². The third-order valence-corrected chi connectivity index (χ3v) is 6.84. The van der Waals surface area contributed by atoms with E-state index >= 15 is 0 Å². The van der Waals surface area contributed by atoms with Gasteiger partial charge in [0.15, 0.2) is 0 Å². The number of rotatable bonds is 4. The lowest BCUT2D eigenvalue weighted by Gasteiger charge is -2.36. The van der Waals surface area contributed by atoms with Crippen LogP contribution in [0, 0.1) is 6.92 Å². The van der Waals surface area contributed by atoms with Gasteiger partial charge in [0.05, 0.1) is 24.4 Å². The summed E-state index contributed by atoms with van der Waals surface area (Å²) >= 11 is 0. The normalized spacial score (nSPS) is 20.5. The van der Waals surface area contributed by atoms with E-state index in [0.29, 0.717) is 5.75 Å². The number of ether oxygens (including phenoxy) is 2.